The smallest absolute Gasteiger partial charge is 0.205 e. The Bertz CT molecular complexity index is 776. The monoisotopic (exact) mass is 369 g/mol. The molecule has 2 aliphatic rings. The van der Waals surface area contributed by atoms with Gasteiger partial charge in [0.05, 0.1) is 6.10 Å². The zero-order chi connectivity index (χ0) is 18.5. The van der Waals surface area contributed by atoms with Crippen LogP contribution in [-0.4, -0.2) is 32.7 Å². The van der Waals surface area contributed by atoms with Gasteiger partial charge in [0.25, 0.3) is 0 Å². The Balaban J connectivity index is 1.55. The van der Waals surface area contributed by atoms with Crippen LogP contribution in [0.25, 0.3) is 10.9 Å². The van der Waals surface area contributed by atoms with Gasteiger partial charge in [-0.3, -0.25) is 0 Å². The van der Waals surface area contributed by atoms with Gasteiger partial charge < -0.3 is 14.7 Å². The molecule has 26 heavy (non-hydrogen) atoms. The summed E-state index contributed by atoms with van der Waals surface area (Å²) in [6, 6.07) is 7.38. The first-order valence-electron chi connectivity index (χ1n) is 10.1. The SMILES string of the molecule is C[Si](C)OC(C[C@H]1CN[C@@H]2Cc3c[nH]c4cccc(c34)[C@H]2C1)C(C)(C)C. The van der Waals surface area contributed by atoms with Crippen LogP contribution in [0.5, 0.6) is 0 Å². The second kappa shape index (κ2) is 6.81. The van der Waals surface area contributed by atoms with E-state index in [-0.39, 0.29) is 5.41 Å². The van der Waals surface area contributed by atoms with Crippen molar-refractivity contribution in [2.24, 2.45) is 11.3 Å². The standard InChI is InChI=1S/C22H33N2OSi/c1-22(2,3)20(25-26(4)5)10-14-9-17-16-7-6-8-18-21(16)15(13-24-18)11-19(17)23-12-14/h6-8,13-14,17,19-20,23-24H,9-12H2,1-5H3/t14-,17+,19+,20?/m0/s1. The molecular formula is C22H33N2OSi. The van der Waals surface area contributed by atoms with E-state index in [2.05, 4.69) is 68.6 Å². The fraction of sp³-hybridized carbons (Fsp3) is 0.636. The van der Waals surface area contributed by atoms with E-state index in [9.17, 15) is 0 Å². The number of nitrogens with one attached hydrogen (secondary N) is 2. The van der Waals surface area contributed by atoms with Gasteiger partial charge in [-0.05, 0) is 67.4 Å². The number of aromatic nitrogens is 1. The normalized spacial score (nSPS) is 26.9. The summed E-state index contributed by atoms with van der Waals surface area (Å²) in [6.07, 6.45) is 6.19. The zero-order valence-electron chi connectivity index (χ0n) is 16.9. The molecule has 141 valence electrons. The quantitative estimate of drug-likeness (QED) is 0.755. The summed E-state index contributed by atoms with van der Waals surface area (Å²) < 4.78 is 6.42. The highest BCUT2D eigenvalue weighted by Crippen LogP contribution is 2.43. The fourth-order valence-corrected chi connectivity index (χ4v) is 5.98. The van der Waals surface area contributed by atoms with E-state index in [0.717, 1.165) is 13.0 Å². The van der Waals surface area contributed by atoms with E-state index in [1.54, 1.807) is 5.56 Å². The van der Waals surface area contributed by atoms with Gasteiger partial charge in [0.15, 0.2) is 0 Å². The molecule has 1 unspecified atom stereocenters. The summed E-state index contributed by atoms with van der Waals surface area (Å²) in [7, 11) is -0.677. The van der Waals surface area contributed by atoms with Crippen molar-refractivity contribution in [2.75, 3.05) is 6.54 Å². The molecule has 1 aliphatic heterocycles. The molecule has 2 heterocycles. The minimum Gasteiger partial charge on any atom is -0.414 e. The Morgan fingerprint density at radius 3 is 2.81 bits per heavy atom. The number of hydrogen-bond acceptors (Lipinski definition) is 2. The largest absolute Gasteiger partial charge is 0.414 e. The van der Waals surface area contributed by atoms with Crippen molar-refractivity contribution in [2.45, 2.75) is 71.2 Å². The highest BCUT2D eigenvalue weighted by Gasteiger charge is 2.38. The Morgan fingerprint density at radius 2 is 2.08 bits per heavy atom. The molecule has 1 fully saturated rings. The van der Waals surface area contributed by atoms with Gasteiger partial charge in [0.2, 0.25) is 9.04 Å². The van der Waals surface area contributed by atoms with Crippen LogP contribution in [-0.2, 0) is 10.8 Å². The Labute approximate surface area is 159 Å². The Kier molecular flexibility index (Phi) is 4.78. The van der Waals surface area contributed by atoms with Crippen molar-refractivity contribution in [1.82, 2.24) is 10.3 Å². The van der Waals surface area contributed by atoms with Gasteiger partial charge >= 0.3 is 0 Å². The number of H-pyrrole nitrogens is 1. The van der Waals surface area contributed by atoms with Crippen LogP contribution in [0.4, 0.5) is 0 Å². The van der Waals surface area contributed by atoms with Crippen molar-refractivity contribution in [3.63, 3.8) is 0 Å². The molecule has 1 aromatic carbocycles. The predicted octanol–water partition coefficient (Wildman–Crippen LogP) is 4.86. The number of piperidine rings is 1. The van der Waals surface area contributed by atoms with Gasteiger partial charge in [0, 0.05) is 29.1 Å². The Hall–Kier alpha value is -1.10. The molecule has 2 N–H and O–H groups in total. The molecule has 0 bridgehead atoms. The Morgan fingerprint density at radius 1 is 1.27 bits per heavy atom. The first-order chi connectivity index (χ1) is 12.3. The third-order valence-corrected chi connectivity index (χ3v) is 7.05. The van der Waals surface area contributed by atoms with Crippen LogP contribution in [0.15, 0.2) is 24.4 Å². The van der Waals surface area contributed by atoms with E-state index < -0.39 is 9.04 Å². The number of rotatable bonds is 4. The predicted molar refractivity (Wildman–Crippen MR) is 111 cm³/mol. The molecule has 0 amide bonds. The van der Waals surface area contributed by atoms with Crippen molar-refractivity contribution >= 4 is 19.9 Å². The van der Waals surface area contributed by atoms with E-state index in [1.807, 2.05) is 0 Å². The summed E-state index contributed by atoms with van der Waals surface area (Å²) in [5, 5.41) is 5.39. The minimum atomic E-state index is -0.677. The van der Waals surface area contributed by atoms with Gasteiger partial charge in [-0.2, -0.15) is 0 Å². The van der Waals surface area contributed by atoms with E-state index in [1.165, 1.54) is 29.3 Å². The van der Waals surface area contributed by atoms with E-state index in [4.69, 9.17) is 4.43 Å². The molecule has 1 saturated heterocycles. The molecule has 1 radical (unpaired) electrons. The average molecular weight is 370 g/mol. The van der Waals surface area contributed by atoms with Gasteiger partial charge in [-0.25, -0.2) is 0 Å². The summed E-state index contributed by atoms with van der Waals surface area (Å²) in [5.41, 5.74) is 4.55. The molecule has 4 atom stereocenters. The lowest BCUT2D eigenvalue weighted by Crippen LogP contribution is -2.48. The molecule has 0 saturated carbocycles. The van der Waals surface area contributed by atoms with Crippen LogP contribution in [0.2, 0.25) is 13.1 Å². The maximum absolute atomic E-state index is 6.42. The average Bonchev–Trinajstić information content (AvgIpc) is 2.98. The molecule has 0 spiro atoms. The number of fused-ring (bicyclic) bond motifs is 2. The van der Waals surface area contributed by atoms with Crippen LogP contribution in [0.1, 0.15) is 50.7 Å². The zero-order valence-corrected chi connectivity index (χ0v) is 17.9. The minimum absolute atomic E-state index is 0.208. The second-order valence-electron chi connectivity index (χ2n) is 9.63. The second-order valence-corrected chi connectivity index (χ2v) is 11.7. The van der Waals surface area contributed by atoms with Gasteiger partial charge in [-0.1, -0.05) is 32.9 Å². The molecule has 4 heteroatoms. The highest BCUT2D eigenvalue weighted by molar-refractivity contribution is 6.48. The van der Waals surface area contributed by atoms with Crippen molar-refractivity contribution in [3.8, 4) is 0 Å². The van der Waals surface area contributed by atoms with Crippen molar-refractivity contribution < 1.29 is 4.43 Å². The molecule has 2 aromatic rings. The third kappa shape index (κ3) is 3.39. The first-order valence-corrected chi connectivity index (χ1v) is 12.5. The molecule has 1 aromatic heterocycles. The summed E-state index contributed by atoms with van der Waals surface area (Å²) in [6.45, 7) is 12.6. The van der Waals surface area contributed by atoms with E-state index >= 15 is 0 Å². The number of aromatic amines is 1. The fourth-order valence-electron chi connectivity index (χ4n) is 4.96. The van der Waals surface area contributed by atoms with E-state index in [0.29, 0.717) is 24.0 Å². The third-order valence-electron chi connectivity index (χ3n) is 6.29. The lowest BCUT2D eigenvalue weighted by molar-refractivity contribution is 0.0543. The molecular weight excluding hydrogens is 336 g/mol. The topological polar surface area (TPSA) is 37.0 Å². The van der Waals surface area contributed by atoms with Crippen LogP contribution in [0.3, 0.4) is 0 Å². The van der Waals surface area contributed by atoms with Crippen LogP contribution in [0, 0.1) is 11.3 Å². The molecule has 3 nitrogen and oxygen atoms in total. The molecule has 4 rings (SSSR count). The summed E-state index contributed by atoms with van der Waals surface area (Å²) >= 11 is 0. The maximum Gasteiger partial charge on any atom is 0.205 e. The lowest BCUT2D eigenvalue weighted by atomic mass is 9.71. The van der Waals surface area contributed by atoms with Crippen molar-refractivity contribution in [3.05, 3.63) is 35.5 Å². The molecule has 1 aliphatic carbocycles. The van der Waals surface area contributed by atoms with Crippen LogP contribution >= 0.6 is 0 Å². The van der Waals surface area contributed by atoms with Gasteiger partial charge in [-0.15, -0.1) is 0 Å². The number of benzene rings is 1. The summed E-state index contributed by atoms with van der Waals surface area (Å²) in [4.78, 5) is 3.47. The highest BCUT2D eigenvalue weighted by atomic mass is 28.3. The maximum atomic E-state index is 6.42. The summed E-state index contributed by atoms with van der Waals surface area (Å²) in [5.74, 6) is 1.33. The number of hydrogen-bond donors (Lipinski definition) is 2. The lowest BCUT2D eigenvalue weighted by Gasteiger charge is -2.43. The van der Waals surface area contributed by atoms with Crippen molar-refractivity contribution in [1.29, 1.82) is 0 Å². The first kappa shape index (κ1) is 18.3. The van der Waals surface area contributed by atoms with Crippen LogP contribution < -0.4 is 5.32 Å². The van der Waals surface area contributed by atoms with Gasteiger partial charge in [0.1, 0.15) is 0 Å².